The van der Waals surface area contributed by atoms with E-state index in [0.29, 0.717) is 5.75 Å². The minimum atomic E-state index is 0.244. The van der Waals surface area contributed by atoms with Gasteiger partial charge in [0, 0.05) is 36.8 Å². The van der Waals surface area contributed by atoms with Crippen LogP contribution >= 0.6 is 11.8 Å². The highest BCUT2D eigenvalue weighted by Crippen LogP contribution is 2.24. The van der Waals surface area contributed by atoms with E-state index >= 15 is 0 Å². The van der Waals surface area contributed by atoms with Gasteiger partial charge in [-0.05, 0) is 50.1 Å². The summed E-state index contributed by atoms with van der Waals surface area (Å²) in [5, 5.41) is 0. The van der Waals surface area contributed by atoms with E-state index in [2.05, 4.69) is 68.1 Å². The molecule has 0 radical (unpaired) electrons. The molecule has 1 heterocycles. The topological polar surface area (TPSA) is 23.6 Å². The smallest absolute Gasteiger partial charge is 0.233 e. The first-order valence-corrected chi connectivity index (χ1v) is 9.81. The minimum Gasteiger partial charge on any atom is -0.368 e. The predicted molar refractivity (Wildman–Crippen MR) is 107 cm³/mol. The van der Waals surface area contributed by atoms with Gasteiger partial charge in [0.15, 0.2) is 0 Å². The summed E-state index contributed by atoms with van der Waals surface area (Å²) in [6.07, 6.45) is 0. The van der Waals surface area contributed by atoms with Crippen molar-refractivity contribution in [3.63, 3.8) is 0 Å². The lowest BCUT2D eigenvalue weighted by molar-refractivity contribution is -0.128. The van der Waals surface area contributed by atoms with Crippen LogP contribution in [0.2, 0.25) is 0 Å². The van der Waals surface area contributed by atoms with E-state index in [4.69, 9.17) is 0 Å². The number of hydrogen-bond donors (Lipinski definition) is 0. The number of piperazine rings is 1. The first kappa shape index (κ1) is 17.9. The largest absolute Gasteiger partial charge is 0.368 e. The zero-order valence-electron chi connectivity index (χ0n) is 15.3. The summed E-state index contributed by atoms with van der Waals surface area (Å²) in [5.41, 5.74) is 5.06. The number of aryl methyl sites for hydroxylation is 3. The summed E-state index contributed by atoms with van der Waals surface area (Å²) < 4.78 is 0. The van der Waals surface area contributed by atoms with E-state index in [0.717, 1.165) is 26.2 Å². The molecule has 0 unspecified atom stereocenters. The Balaban J connectivity index is 1.51. The fourth-order valence-corrected chi connectivity index (χ4v) is 4.14. The first-order chi connectivity index (χ1) is 12.0. The zero-order chi connectivity index (χ0) is 17.8. The predicted octanol–water partition coefficient (Wildman–Crippen LogP) is 4.05. The van der Waals surface area contributed by atoms with Crippen LogP contribution in [0.1, 0.15) is 16.7 Å². The summed E-state index contributed by atoms with van der Waals surface area (Å²) in [5.74, 6) is 0.766. The fraction of sp³-hybridized carbons (Fsp3) is 0.381. The number of amides is 1. The lowest BCUT2D eigenvalue weighted by Crippen LogP contribution is -2.49. The maximum absolute atomic E-state index is 12.5. The van der Waals surface area contributed by atoms with Gasteiger partial charge >= 0.3 is 0 Å². The molecule has 4 heteroatoms. The monoisotopic (exact) mass is 354 g/mol. The number of nitrogens with zero attached hydrogens (tertiary/aromatic N) is 2. The lowest BCUT2D eigenvalue weighted by Gasteiger charge is -2.36. The fourth-order valence-electron chi connectivity index (χ4n) is 3.23. The maximum Gasteiger partial charge on any atom is 0.233 e. The molecular formula is C21H26N2OS. The van der Waals surface area contributed by atoms with Gasteiger partial charge in [0.25, 0.3) is 0 Å². The number of rotatable bonds is 4. The maximum atomic E-state index is 12.5. The Labute approximate surface area is 155 Å². The Morgan fingerprint density at radius 3 is 2.36 bits per heavy atom. The molecule has 3 nitrogen and oxygen atoms in total. The highest BCUT2D eigenvalue weighted by Gasteiger charge is 2.21. The third-order valence-corrected chi connectivity index (χ3v) is 5.84. The van der Waals surface area contributed by atoms with Gasteiger partial charge in [0.2, 0.25) is 5.91 Å². The van der Waals surface area contributed by atoms with Crippen LogP contribution in [0.5, 0.6) is 0 Å². The van der Waals surface area contributed by atoms with Gasteiger partial charge in [-0.25, -0.2) is 0 Å². The molecule has 1 fully saturated rings. The van der Waals surface area contributed by atoms with Crippen LogP contribution in [-0.2, 0) is 4.79 Å². The molecule has 1 saturated heterocycles. The quantitative estimate of drug-likeness (QED) is 0.774. The summed E-state index contributed by atoms with van der Waals surface area (Å²) in [7, 11) is 0. The molecule has 2 aromatic carbocycles. The molecule has 1 amide bonds. The Bertz CT molecular complexity index is 751. The molecule has 0 aromatic heterocycles. The van der Waals surface area contributed by atoms with Crippen molar-refractivity contribution in [1.82, 2.24) is 4.90 Å². The highest BCUT2D eigenvalue weighted by atomic mass is 32.2. The molecule has 0 bridgehead atoms. The number of carbonyl (C=O) groups excluding carboxylic acids is 1. The van der Waals surface area contributed by atoms with Crippen molar-refractivity contribution >= 4 is 23.4 Å². The highest BCUT2D eigenvalue weighted by molar-refractivity contribution is 8.00. The number of hydrogen-bond acceptors (Lipinski definition) is 3. The molecule has 3 rings (SSSR count). The average molecular weight is 355 g/mol. The first-order valence-electron chi connectivity index (χ1n) is 8.82. The van der Waals surface area contributed by atoms with Crippen molar-refractivity contribution in [2.75, 3.05) is 36.8 Å². The van der Waals surface area contributed by atoms with Crippen molar-refractivity contribution in [3.8, 4) is 0 Å². The molecule has 1 aliphatic heterocycles. The summed E-state index contributed by atoms with van der Waals surface area (Å²) in [6, 6.07) is 15.0. The molecule has 0 N–H and O–H groups in total. The van der Waals surface area contributed by atoms with Crippen molar-refractivity contribution in [2.24, 2.45) is 0 Å². The van der Waals surface area contributed by atoms with Crippen LogP contribution in [0.4, 0.5) is 5.69 Å². The van der Waals surface area contributed by atoms with Crippen molar-refractivity contribution in [3.05, 3.63) is 59.2 Å². The SMILES string of the molecule is Cc1cccc(N2CCN(C(=O)CSc3ccc(C)cc3C)CC2)c1. The Morgan fingerprint density at radius 2 is 1.68 bits per heavy atom. The van der Waals surface area contributed by atoms with Gasteiger partial charge in [-0.1, -0.05) is 29.8 Å². The van der Waals surface area contributed by atoms with Crippen LogP contribution in [0.3, 0.4) is 0 Å². The van der Waals surface area contributed by atoms with E-state index in [9.17, 15) is 4.79 Å². The van der Waals surface area contributed by atoms with Crippen LogP contribution < -0.4 is 4.90 Å². The third-order valence-electron chi connectivity index (χ3n) is 4.68. The number of anilines is 1. The van der Waals surface area contributed by atoms with Crippen LogP contribution in [0, 0.1) is 20.8 Å². The standard InChI is InChI=1S/C21H26N2OS/c1-16-5-4-6-19(14-16)22-9-11-23(12-10-22)21(24)15-25-20-8-7-17(2)13-18(20)3/h4-8,13-14H,9-12,15H2,1-3H3. The Morgan fingerprint density at radius 1 is 0.960 bits per heavy atom. The van der Waals surface area contributed by atoms with E-state index < -0.39 is 0 Å². The zero-order valence-corrected chi connectivity index (χ0v) is 16.1. The molecule has 0 atom stereocenters. The van der Waals surface area contributed by atoms with Gasteiger partial charge < -0.3 is 9.80 Å². The third kappa shape index (κ3) is 4.57. The van der Waals surface area contributed by atoms with Gasteiger partial charge in [0.1, 0.15) is 0 Å². The normalized spacial score (nSPS) is 14.7. The Hall–Kier alpha value is -1.94. The number of carbonyl (C=O) groups is 1. The molecule has 2 aromatic rings. The van der Waals surface area contributed by atoms with Gasteiger partial charge in [0.05, 0.1) is 5.75 Å². The van der Waals surface area contributed by atoms with Crippen LogP contribution in [0.25, 0.3) is 0 Å². The molecule has 0 saturated carbocycles. The van der Waals surface area contributed by atoms with E-state index in [1.165, 1.54) is 27.3 Å². The second-order valence-corrected chi connectivity index (χ2v) is 7.78. The second-order valence-electron chi connectivity index (χ2n) is 6.76. The van der Waals surface area contributed by atoms with Crippen molar-refractivity contribution in [2.45, 2.75) is 25.7 Å². The lowest BCUT2D eigenvalue weighted by atomic mass is 10.2. The van der Waals surface area contributed by atoms with Crippen LogP contribution in [-0.4, -0.2) is 42.7 Å². The van der Waals surface area contributed by atoms with Crippen molar-refractivity contribution < 1.29 is 4.79 Å². The second kappa shape index (κ2) is 7.96. The molecule has 132 valence electrons. The average Bonchev–Trinajstić information content (AvgIpc) is 2.61. The molecular weight excluding hydrogens is 328 g/mol. The number of thioether (sulfide) groups is 1. The van der Waals surface area contributed by atoms with Gasteiger partial charge in [-0.15, -0.1) is 11.8 Å². The number of benzene rings is 2. The van der Waals surface area contributed by atoms with Crippen LogP contribution in [0.15, 0.2) is 47.4 Å². The van der Waals surface area contributed by atoms with Crippen molar-refractivity contribution in [1.29, 1.82) is 0 Å². The molecule has 1 aliphatic rings. The van der Waals surface area contributed by atoms with Gasteiger partial charge in [-0.3, -0.25) is 4.79 Å². The molecule has 0 spiro atoms. The summed E-state index contributed by atoms with van der Waals surface area (Å²) in [4.78, 5) is 18.1. The molecule has 25 heavy (non-hydrogen) atoms. The minimum absolute atomic E-state index is 0.244. The van der Waals surface area contributed by atoms with Gasteiger partial charge in [-0.2, -0.15) is 0 Å². The summed E-state index contributed by atoms with van der Waals surface area (Å²) in [6.45, 7) is 9.75. The Kier molecular flexibility index (Phi) is 5.69. The van der Waals surface area contributed by atoms with E-state index in [1.54, 1.807) is 11.8 Å². The molecule has 0 aliphatic carbocycles. The van der Waals surface area contributed by atoms with E-state index in [1.807, 2.05) is 4.90 Å². The van der Waals surface area contributed by atoms with E-state index in [-0.39, 0.29) is 5.91 Å². The summed E-state index contributed by atoms with van der Waals surface area (Å²) >= 11 is 1.65.